The molecular formula is C16H17N3O4. The highest BCUT2D eigenvalue weighted by molar-refractivity contribution is 6.01. The van der Waals surface area contributed by atoms with Crippen LogP contribution < -0.4 is 15.4 Å². The molecule has 2 amide bonds. The van der Waals surface area contributed by atoms with Gasteiger partial charge < -0.3 is 15.4 Å². The van der Waals surface area contributed by atoms with Crippen molar-refractivity contribution in [3.8, 4) is 5.75 Å². The third kappa shape index (κ3) is 4.44. The van der Waals surface area contributed by atoms with Crippen molar-refractivity contribution in [3.63, 3.8) is 0 Å². The maximum Gasteiger partial charge on any atom is 0.323 e. The van der Waals surface area contributed by atoms with Crippen LogP contribution in [-0.2, 0) is 0 Å². The zero-order chi connectivity index (χ0) is 16.8. The molecule has 0 saturated carbocycles. The molecule has 0 atom stereocenters. The number of carbonyl (C=O) groups excluding carboxylic acids is 1. The van der Waals surface area contributed by atoms with E-state index in [9.17, 15) is 14.9 Å². The van der Waals surface area contributed by atoms with Gasteiger partial charge in [0.2, 0.25) is 0 Å². The van der Waals surface area contributed by atoms with Gasteiger partial charge in [0.15, 0.2) is 0 Å². The SMILES string of the molecule is CCOc1ccc(NC(=O)Nc2ccc(C)cc2)c([N+](=O)[O-])c1. The quantitative estimate of drug-likeness (QED) is 0.645. The van der Waals surface area contributed by atoms with Crippen LogP contribution in [0.1, 0.15) is 12.5 Å². The van der Waals surface area contributed by atoms with Gasteiger partial charge in [-0.05, 0) is 38.1 Å². The van der Waals surface area contributed by atoms with E-state index in [1.54, 1.807) is 25.1 Å². The number of amides is 2. The summed E-state index contributed by atoms with van der Waals surface area (Å²) in [5.74, 6) is 0.378. The first kappa shape index (κ1) is 16.3. The summed E-state index contributed by atoms with van der Waals surface area (Å²) in [5.41, 5.74) is 1.54. The summed E-state index contributed by atoms with van der Waals surface area (Å²) >= 11 is 0. The van der Waals surface area contributed by atoms with E-state index < -0.39 is 11.0 Å². The van der Waals surface area contributed by atoms with E-state index >= 15 is 0 Å². The molecule has 2 aromatic carbocycles. The maximum absolute atomic E-state index is 12.0. The molecule has 0 aliphatic heterocycles. The first-order valence-electron chi connectivity index (χ1n) is 7.05. The summed E-state index contributed by atoms with van der Waals surface area (Å²) in [6.45, 7) is 4.12. The van der Waals surface area contributed by atoms with E-state index in [0.29, 0.717) is 18.0 Å². The first-order chi connectivity index (χ1) is 11.0. The van der Waals surface area contributed by atoms with Crippen molar-refractivity contribution in [1.82, 2.24) is 0 Å². The van der Waals surface area contributed by atoms with Crippen molar-refractivity contribution >= 4 is 23.1 Å². The number of nitrogens with one attached hydrogen (secondary N) is 2. The normalized spacial score (nSPS) is 10.0. The Balaban J connectivity index is 2.13. The molecule has 7 nitrogen and oxygen atoms in total. The number of hydrogen-bond acceptors (Lipinski definition) is 4. The molecule has 0 heterocycles. The average molecular weight is 315 g/mol. The van der Waals surface area contributed by atoms with Gasteiger partial charge in [0.05, 0.1) is 17.6 Å². The predicted octanol–water partition coefficient (Wildman–Crippen LogP) is 3.95. The Bertz CT molecular complexity index is 714. The van der Waals surface area contributed by atoms with Crippen LogP contribution >= 0.6 is 0 Å². The Labute approximate surface area is 133 Å². The van der Waals surface area contributed by atoms with Crippen LogP contribution in [-0.4, -0.2) is 17.6 Å². The molecular weight excluding hydrogens is 298 g/mol. The molecule has 0 aromatic heterocycles. The van der Waals surface area contributed by atoms with Crippen LogP contribution in [0, 0.1) is 17.0 Å². The first-order valence-corrected chi connectivity index (χ1v) is 7.05. The zero-order valence-corrected chi connectivity index (χ0v) is 12.8. The zero-order valence-electron chi connectivity index (χ0n) is 12.8. The van der Waals surface area contributed by atoms with Crippen LogP contribution in [0.4, 0.5) is 21.9 Å². The van der Waals surface area contributed by atoms with Crippen molar-refractivity contribution in [2.75, 3.05) is 17.2 Å². The lowest BCUT2D eigenvalue weighted by Gasteiger charge is -2.09. The number of urea groups is 1. The predicted molar refractivity (Wildman–Crippen MR) is 88.1 cm³/mol. The molecule has 0 radical (unpaired) electrons. The number of ether oxygens (including phenoxy) is 1. The number of anilines is 2. The third-order valence-electron chi connectivity index (χ3n) is 3.03. The van der Waals surface area contributed by atoms with E-state index in [0.717, 1.165) is 5.56 Å². The second-order valence-electron chi connectivity index (χ2n) is 4.81. The van der Waals surface area contributed by atoms with Crippen LogP contribution in [0.5, 0.6) is 5.75 Å². The molecule has 0 aliphatic rings. The number of nitro groups is 1. The Kier molecular flexibility index (Phi) is 5.14. The smallest absolute Gasteiger partial charge is 0.323 e. The standard InChI is InChI=1S/C16H17N3O4/c1-3-23-13-8-9-14(15(10-13)19(21)22)18-16(20)17-12-6-4-11(2)5-7-12/h4-10H,3H2,1-2H3,(H2,17,18,20). The summed E-state index contributed by atoms with van der Waals surface area (Å²) < 4.78 is 5.23. The van der Waals surface area contributed by atoms with Gasteiger partial charge in [-0.15, -0.1) is 0 Å². The van der Waals surface area contributed by atoms with Crippen LogP contribution in [0.2, 0.25) is 0 Å². The molecule has 23 heavy (non-hydrogen) atoms. The van der Waals surface area contributed by atoms with Gasteiger partial charge in [-0.1, -0.05) is 17.7 Å². The molecule has 0 aliphatic carbocycles. The van der Waals surface area contributed by atoms with Crippen molar-refractivity contribution in [2.45, 2.75) is 13.8 Å². The summed E-state index contributed by atoms with van der Waals surface area (Å²) in [4.78, 5) is 22.5. The van der Waals surface area contributed by atoms with Crippen molar-refractivity contribution in [1.29, 1.82) is 0 Å². The Hall–Kier alpha value is -3.09. The molecule has 120 valence electrons. The van der Waals surface area contributed by atoms with E-state index in [2.05, 4.69) is 10.6 Å². The van der Waals surface area contributed by atoms with E-state index in [4.69, 9.17) is 4.74 Å². The highest BCUT2D eigenvalue weighted by Gasteiger charge is 2.17. The fourth-order valence-corrected chi connectivity index (χ4v) is 1.95. The summed E-state index contributed by atoms with van der Waals surface area (Å²) in [6, 6.07) is 11.0. The molecule has 2 rings (SSSR count). The fraction of sp³-hybridized carbons (Fsp3) is 0.188. The lowest BCUT2D eigenvalue weighted by atomic mass is 10.2. The average Bonchev–Trinajstić information content (AvgIpc) is 2.51. The molecule has 0 spiro atoms. The Morgan fingerprint density at radius 1 is 1.17 bits per heavy atom. The highest BCUT2D eigenvalue weighted by atomic mass is 16.6. The number of carbonyl (C=O) groups is 1. The van der Waals surface area contributed by atoms with Gasteiger partial charge in [0.25, 0.3) is 5.69 Å². The van der Waals surface area contributed by atoms with Crippen LogP contribution in [0.25, 0.3) is 0 Å². The molecule has 0 fully saturated rings. The number of aryl methyl sites for hydroxylation is 1. The third-order valence-corrected chi connectivity index (χ3v) is 3.03. The largest absolute Gasteiger partial charge is 0.494 e. The fourth-order valence-electron chi connectivity index (χ4n) is 1.95. The maximum atomic E-state index is 12.0. The lowest BCUT2D eigenvalue weighted by Crippen LogP contribution is -2.20. The second kappa shape index (κ2) is 7.26. The molecule has 0 unspecified atom stereocenters. The molecule has 2 N–H and O–H groups in total. The minimum absolute atomic E-state index is 0.100. The van der Waals surface area contributed by atoms with E-state index in [-0.39, 0.29) is 11.4 Å². The molecule has 7 heteroatoms. The summed E-state index contributed by atoms with van der Waals surface area (Å²) in [7, 11) is 0. The topological polar surface area (TPSA) is 93.5 Å². The Morgan fingerprint density at radius 3 is 2.48 bits per heavy atom. The van der Waals surface area contributed by atoms with Crippen molar-refractivity contribution < 1.29 is 14.5 Å². The van der Waals surface area contributed by atoms with Gasteiger partial charge in [-0.2, -0.15) is 0 Å². The number of rotatable bonds is 5. The number of hydrogen-bond donors (Lipinski definition) is 2. The lowest BCUT2D eigenvalue weighted by molar-refractivity contribution is -0.384. The molecule has 2 aromatic rings. The van der Waals surface area contributed by atoms with Gasteiger partial charge in [-0.25, -0.2) is 4.79 Å². The van der Waals surface area contributed by atoms with Crippen molar-refractivity contribution in [3.05, 3.63) is 58.1 Å². The van der Waals surface area contributed by atoms with E-state index in [1.165, 1.54) is 12.1 Å². The van der Waals surface area contributed by atoms with Crippen molar-refractivity contribution in [2.24, 2.45) is 0 Å². The van der Waals surface area contributed by atoms with Crippen LogP contribution in [0.15, 0.2) is 42.5 Å². The summed E-state index contributed by atoms with van der Waals surface area (Å²) in [5, 5.41) is 16.2. The minimum Gasteiger partial charge on any atom is -0.494 e. The van der Waals surface area contributed by atoms with Gasteiger partial charge >= 0.3 is 6.03 Å². The number of benzene rings is 2. The number of nitrogens with zero attached hydrogens (tertiary/aromatic N) is 1. The second-order valence-corrected chi connectivity index (χ2v) is 4.81. The number of nitro benzene ring substituents is 1. The summed E-state index contributed by atoms with van der Waals surface area (Å²) in [6.07, 6.45) is 0. The van der Waals surface area contributed by atoms with Gasteiger partial charge in [-0.3, -0.25) is 10.1 Å². The molecule has 0 saturated heterocycles. The van der Waals surface area contributed by atoms with Gasteiger partial charge in [0.1, 0.15) is 11.4 Å². The Morgan fingerprint density at radius 2 is 1.87 bits per heavy atom. The van der Waals surface area contributed by atoms with Crippen LogP contribution in [0.3, 0.4) is 0 Å². The van der Waals surface area contributed by atoms with E-state index in [1.807, 2.05) is 19.1 Å². The monoisotopic (exact) mass is 315 g/mol. The minimum atomic E-state index is -0.565. The molecule has 0 bridgehead atoms. The van der Waals surface area contributed by atoms with Gasteiger partial charge in [0, 0.05) is 5.69 Å². The highest BCUT2D eigenvalue weighted by Crippen LogP contribution is 2.29.